The number of amides is 1. The summed E-state index contributed by atoms with van der Waals surface area (Å²) in [6.45, 7) is 0.589. The lowest BCUT2D eigenvalue weighted by Crippen LogP contribution is -2.48. The third-order valence-corrected chi connectivity index (χ3v) is 3.16. The number of halogens is 2. The molecular formula is C14H18F2N2O3. The summed E-state index contributed by atoms with van der Waals surface area (Å²) in [7, 11) is 0. The zero-order valence-electron chi connectivity index (χ0n) is 11.6. The van der Waals surface area contributed by atoms with Gasteiger partial charge >= 0.3 is 6.61 Å². The van der Waals surface area contributed by atoms with Crippen LogP contribution in [0, 0.1) is 0 Å². The van der Waals surface area contributed by atoms with Crippen molar-refractivity contribution in [1.29, 1.82) is 0 Å². The number of benzene rings is 1. The fourth-order valence-corrected chi connectivity index (χ4v) is 2.08. The van der Waals surface area contributed by atoms with Crippen LogP contribution in [0.3, 0.4) is 0 Å². The maximum absolute atomic E-state index is 12.2. The summed E-state index contributed by atoms with van der Waals surface area (Å²) in [5.74, 6) is -0.158. The van der Waals surface area contributed by atoms with Gasteiger partial charge in [-0.2, -0.15) is 8.78 Å². The largest absolute Gasteiger partial charge is 0.435 e. The highest BCUT2D eigenvalue weighted by Crippen LogP contribution is 2.20. The second kappa shape index (κ2) is 7.33. The summed E-state index contributed by atoms with van der Waals surface area (Å²) in [6, 6.07) is 5.94. The molecule has 0 bridgehead atoms. The van der Waals surface area contributed by atoms with Crippen molar-refractivity contribution in [1.82, 2.24) is 10.6 Å². The number of carbonyl (C=O) groups is 1. The summed E-state index contributed by atoms with van der Waals surface area (Å²) >= 11 is 0. The van der Waals surface area contributed by atoms with Gasteiger partial charge in [-0.15, -0.1) is 0 Å². The lowest BCUT2D eigenvalue weighted by molar-refractivity contribution is -0.134. The van der Waals surface area contributed by atoms with E-state index < -0.39 is 12.7 Å². The molecule has 0 spiro atoms. The predicted molar refractivity (Wildman–Crippen MR) is 72.2 cm³/mol. The Labute approximate surface area is 121 Å². The van der Waals surface area contributed by atoms with Crippen LogP contribution in [0.2, 0.25) is 0 Å². The van der Waals surface area contributed by atoms with Crippen molar-refractivity contribution >= 4 is 5.91 Å². The van der Waals surface area contributed by atoms with Crippen molar-refractivity contribution in [3.8, 4) is 5.75 Å². The maximum atomic E-state index is 12.2. The summed E-state index contributed by atoms with van der Waals surface area (Å²) in [6.07, 6.45) is -0.526. The zero-order chi connectivity index (χ0) is 15.2. The Hall–Kier alpha value is -1.73. The van der Waals surface area contributed by atoms with Crippen LogP contribution in [0.1, 0.15) is 18.5 Å². The molecule has 2 unspecified atom stereocenters. The number of alkyl halides is 2. The minimum Gasteiger partial charge on any atom is -0.435 e. The van der Waals surface area contributed by atoms with Crippen molar-refractivity contribution in [3.05, 3.63) is 29.8 Å². The van der Waals surface area contributed by atoms with Gasteiger partial charge < -0.3 is 20.1 Å². The molecule has 0 aliphatic carbocycles. The van der Waals surface area contributed by atoms with Gasteiger partial charge in [0.05, 0.1) is 12.6 Å². The fourth-order valence-electron chi connectivity index (χ4n) is 2.08. The molecule has 1 aromatic rings. The molecule has 0 saturated carbocycles. The van der Waals surface area contributed by atoms with Crippen molar-refractivity contribution in [2.45, 2.75) is 25.7 Å². The summed E-state index contributed by atoms with van der Waals surface area (Å²) in [5, 5.41) is 5.87. The van der Waals surface area contributed by atoms with Gasteiger partial charge in [-0.25, -0.2) is 0 Å². The van der Waals surface area contributed by atoms with E-state index in [-0.39, 0.29) is 17.7 Å². The number of carbonyl (C=O) groups excluding carboxylic acids is 1. The predicted octanol–water partition coefficient (Wildman–Crippen LogP) is 1.45. The highest BCUT2D eigenvalue weighted by molar-refractivity contribution is 5.81. The number of rotatable bonds is 5. The average molecular weight is 300 g/mol. The lowest BCUT2D eigenvalue weighted by atomic mass is 10.1. The summed E-state index contributed by atoms with van der Waals surface area (Å²) in [5.41, 5.74) is 0.685. The van der Waals surface area contributed by atoms with E-state index in [1.807, 2.05) is 0 Å². The van der Waals surface area contributed by atoms with E-state index in [0.717, 1.165) is 6.54 Å². The Morgan fingerprint density at radius 2 is 2.33 bits per heavy atom. The fraction of sp³-hybridized carbons (Fsp3) is 0.500. The van der Waals surface area contributed by atoms with Crippen LogP contribution in [-0.4, -0.2) is 38.3 Å². The van der Waals surface area contributed by atoms with E-state index in [1.165, 1.54) is 12.1 Å². The SMILES string of the molecule is CC(NC(=O)C1CNCCO1)c1cccc(OC(F)F)c1. The van der Waals surface area contributed by atoms with Gasteiger partial charge in [-0.1, -0.05) is 12.1 Å². The van der Waals surface area contributed by atoms with E-state index in [0.29, 0.717) is 18.7 Å². The average Bonchev–Trinajstić information content (AvgIpc) is 2.47. The Morgan fingerprint density at radius 3 is 3.00 bits per heavy atom. The Balaban J connectivity index is 1.95. The van der Waals surface area contributed by atoms with E-state index in [9.17, 15) is 13.6 Å². The van der Waals surface area contributed by atoms with Crippen LogP contribution < -0.4 is 15.4 Å². The molecule has 2 atom stereocenters. The van der Waals surface area contributed by atoms with E-state index in [2.05, 4.69) is 15.4 Å². The number of hydrogen-bond acceptors (Lipinski definition) is 4. The van der Waals surface area contributed by atoms with Crippen molar-refractivity contribution in [2.75, 3.05) is 19.7 Å². The normalized spacial score (nSPS) is 20.1. The molecule has 21 heavy (non-hydrogen) atoms. The van der Waals surface area contributed by atoms with Gasteiger partial charge in [0.25, 0.3) is 5.91 Å². The second-order valence-electron chi connectivity index (χ2n) is 4.74. The molecule has 2 N–H and O–H groups in total. The van der Waals surface area contributed by atoms with Gasteiger partial charge in [0.1, 0.15) is 11.9 Å². The summed E-state index contributed by atoms with van der Waals surface area (Å²) < 4.78 is 34.1. The molecule has 5 nitrogen and oxygen atoms in total. The molecule has 116 valence electrons. The smallest absolute Gasteiger partial charge is 0.387 e. The first-order valence-corrected chi connectivity index (χ1v) is 6.73. The number of ether oxygens (including phenoxy) is 2. The number of hydrogen-bond donors (Lipinski definition) is 2. The van der Waals surface area contributed by atoms with E-state index in [4.69, 9.17) is 4.74 Å². The first-order chi connectivity index (χ1) is 10.1. The van der Waals surface area contributed by atoms with Gasteiger partial charge in [-0.05, 0) is 24.6 Å². The Morgan fingerprint density at radius 1 is 1.52 bits per heavy atom. The molecule has 1 aliphatic rings. The van der Waals surface area contributed by atoms with Gasteiger partial charge in [-0.3, -0.25) is 4.79 Å². The zero-order valence-corrected chi connectivity index (χ0v) is 11.6. The minimum absolute atomic E-state index is 0.0687. The molecule has 1 saturated heterocycles. The van der Waals surface area contributed by atoms with Gasteiger partial charge in [0.15, 0.2) is 0 Å². The van der Waals surface area contributed by atoms with Gasteiger partial charge in [0.2, 0.25) is 0 Å². The second-order valence-corrected chi connectivity index (χ2v) is 4.74. The van der Waals surface area contributed by atoms with Crippen molar-refractivity contribution in [2.24, 2.45) is 0 Å². The van der Waals surface area contributed by atoms with Crippen molar-refractivity contribution < 1.29 is 23.0 Å². The maximum Gasteiger partial charge on any atom is 0.387 e. The molecule has 7 heteroatoms. The highest BCUT2D eigenvalue weighted by Gasteiger charge is 2.23. The van der Waals surface area contributed by atoms with E-state index >= 15 is 0 Å². The van der Waals surface area contributed by atoms with Crippen LogP contribution >= 0.6 is 0 Å². The molecule has 1 aromatic carbocycles. The lowest BCUT2D eigenvalue weighted by Gasteiger charge is -2.24. The number of morpholine rings is 1. The van der Waals surface area contributed by atoms with Crippen LogP contribution in [-0.2, 0) is 9.53 Å². The van der Waals surface area contributed by atoms with Crippen LogP contribution in [0.15, 0.2) is 24.3 Å². The molecular weight excluding hydrogens is 282 g/mol. The van der Waals surface area contributed by atoms with Crippen LogP contribution in [0.25, 0.3) is 0 Å². The Bertz CT molecular complexity index is 479. The minimum atomic E-state index is -2.87. The first kappa shape index (κ1) is 15.7. The Kier molecular flexibility index (Phi) is 5.46. The highest BCUT2D eigenvalue weighted by atomic mass is 19.3. The molecule has 1 fully saturated rings. The molecule has 0 aromatic heterocycles. The number of nitrogens with one attached hydrogen (secondary N) is 2. The third kappa shape index (κ3) is 4.64. The topological polar surface area (TPSA) is 59.6 Å². The van der Waals surface area contributed by atoms with Crippen LogP contribution in [0.5, 0.6) is 5.75 Å². The standard InChI is InChI=1S/C14H18F2N2O3/c1-9(18-13(19)12-8-17-5-6-20-12)10-3-2-4-11(7-10)21-14(15)16/h2-4,7,9,12,14,17H,5-6,8H2,1H3,(H,18,19). The molecule has 1 aliphatic heterocycles. The first-order valence-electron chi connectivity index (χ1n) is 6.73. The third-order valence-electron chi connectivity index (χ3n) is 3.16. The molecule has 2 rings (SSSR count). The quantitative estimate of drug-likeness (QED) is 0.864. The summed E-state index contributed by atoms with van der Waals surface area (Å²) in [4.78, 5) is 12.0. The van der Waals surface area contributed by atoms with Crippen molar-refractivity contribution in [3.63, 3.8) is 0 Å². The molecule has 1 amide bonds. The monoisotopic (exact) mass is 300 g/mol. The van der Waals surface area contributed by atoms with E-state index in [1.54, 1.807) is 19.1 Å². The molecule has 0 radical (unpaired) electrons. The molecule has 1 heterocycles. The van der Waals surface area contributed by atoms with Crippen LogP contribution in [0.4, 0.5) is 8.78 Å². The van der Waals surface area contributed by atoms with Gasteiger partial charge in [0, 0.05) is 13.1 Å².